The van der Waals surface area contributed by atoms with E-state index in [0.717, 1.165) is 12.1 Å². The van der Waals surface area contributed by atoms with Crippen molar-refractivity contribution in [1.29, 1.82) is 0 Å². The second-order valence-electron chi connectivity index (χ2n) is 4.76. The molecule has 1 aromatic carbocycles. The third-order valence-electron chi connectivity index (χ3n) is 3.34. The third kappa shape index (κ3) is 3.61. The SMILES string of the molecule is CCN(CC)C(=O)c1cc(Nc2ccc(F)c(F)c2F)ccn1. The normalized spacial score (nSPS) is 10.5. The number of amides is 1. The van der Waals surface area contributed by atoms with Crippen LogP contribution in [0, 0.1) is 17.5 Å². The van der Waals surface area contributed by atoms with Gasteiger partial charge in [-0.1, -0.05) is 0 Å². The molecule has 0 aliphatic heterocycles. The van der Waals surface area contributed by atoms with Crippen LogP contribution in [0.1, 0.15) is 24.3 Å². The van der Waals surface area contributed by atoms with Gasteiger partial charge in [0, 0.05) is 25.0 Å². The van der Waals surface area contributed by atoms with Crippen LogP contribution < -0.4 is 5.32 Å². The van der Waals surface area contributed by atoms with Gasteiger partial charge in [0.15, 0.2) is 17.5 Å². The summed E-state index contributed by atoms with van der Waals surface area (Å²) in [5, 5.41) is 2.62. The van der Waals surface area contributed by atoms with Crippen LogP contribution in [0.25, 0.3) is 0 Å². The number of hydrogen-bond donors (Lipinski definition) is 1. The number of pyridine rings is 1. The number of aromatic nitrogens is 1. The lowest BCUT2D eigenvalue weighted by atomic mass is 10.2. The van der Waals surface area contributed by atoms with Crippen molar-refractivity contribution in [3.63, 3.8) is 0 Å². The zero-order valence-corrected chi connectivity index (χ0v) is 12.7. The molecule has 0 bridgehead atoms. The third-order valence-corrected chi connectivity index (χ3v) is 3.34. The standard InChI is InChI=1S/C16H16F3N3O/c1-3-22(4-2)16(23)13-9-10(7-8-20-13)21-12-6-5-11(17)14(18)15(12)19/h5-9H,3-4H2,1-2H3,(H,20,21). The van der Waals surface area contributed by atoms with Gasteiger partial charge in [0.2, 0.25) is 0 Å². The summed E-state index contributed by atoms with van der Waals surface area (Å²) in [5.74, 6) is -4.40. The molecule has 0 aliphatic rings. The summed E-state index contributed by atoms with van der Waals surface area (Å²) in [6.45, 7) is 4.76. The molecule has 0 saturated carbocycles. The Morgan fingerprint density at radius 1 is 1.13 bits per heavy atom. The molecule has 0 saturated heterocycles. The minimum atomic E-state index is -1.55. The smallest absolute Gasteiger partial charge is 0.272 e. The average Bonchev–Trinajstić information content (AvgIpc) is 2.57. The van der Waals surface area contributed by atoms with Crippen molar-refractivity contribution in [2.75, 3.05) is 18.4 Å². The molecular weight excluding hydrogens is 307 g/mol. The van der Waals surface area contributed by atoms with Gasteiger partial charge >= 0.3 is 0 Å². The largest absolute Gasteiger partial charge is 0.353 e. The van der Waals surface area contributed by atoms with E-state index in [1.54, 1.807) is 4.90 Å². The van der Waals surface area contributed by atoms with E-state index in [9.17, 15) is 18.0 Å². The van der Waals surface area contributed by atoms with Gasteiger partial charge in [-0.3, -0.25) is 9.78 Å². The number of rotatable bonds is 5. The molecule has 0 fully saturated rings. The summed E-state index contributed by atoms with van der Waals surface area (Å²) in [7, 11) is 0. The zero-order chi connectivity index (χ0) is 17.0. The van der Waals surface area contributed by atoms with Gasteiger partial charge in [0.05, 0.1) is 5.69 Å². The molecule has 7 heteroatoms. The zero-order valence-electron chi connectivity index (χ0n) is 12.7. The molecule has 2 rings (SSSR count). The summed E-state index contributed by atoms with van der Waals surface area (Å²) in [6.07, 6.45) is 1.39. The number of nitrogens with one attached hydrogen (secondary N) is 1. The molecule has 1 amide bonds. The van der Waals surface area contributed by atoms with Crippen molar-refractivity contribution in [2.45, 2.75) is 13.8 Å². The van der Waals surface area contributed by atoms with Crippen LogP contribution in [-0.4, -0.2) is 28.9 Å². The number of carbonyl (C=O) groups excluding carboxylic acids is 1. The highest BCUT2D eigenvalue weighted by atomic mass is 19.2. The van der Waals surface area contributed by atoms with E-state index < -0.39 is 17.5 Å². The van der Waals surface area contributed by atoms with Crippen LogP contribution in [0.15, 0.2) is 30.5 Å². The maximum atomic E-state index is 13.7. The number of anilines is 2. The quantitative estimate of drug-likeness (QED) is 0.853. The van der Waals surface area contributed by atoms with Gasteiger partial charge in [-0.05, 0) is 38.1 Å². The lowest BCUT2D eigenvalue weighted by molar-refractivity contribution is 0.0767. The molecule has 0 spiro atoms. The van der Waals surface area contributed by atoms with Crippen molar-refractivity contribution >= 4 is 17.3 Å². The highest BCUT2D eigenvalue weighted by molar-refractivity contribution is 5.93. The van der Waals surface area contributed by atoms with Gasteiger partial charge in [-0.2, -0.15) is 0 Å². The maximum absolute atomic E-state index is 13.7. The number of hydrogen-bond acceptors (Lipinski definition) is 3. The van der Waals surface area contributed by atoms with Crippen molar-refractivity contribution < 1.29 is 18.0 Å². The maximum Gasteiger partial charge on any atom is 0.272 e. The average molecular weight is 323 g/mol. The van der Waals surface area contributed by atoms with E-state index in [1.807, 2.05) is 13.8 Å². The Labute approximate surface area is 132 Å². The first-order chi connectivity index (χ1) is 11.0. The lowest BCUT2D eigenvalue weighted by Gasteiger charge is -2.18. The molecule has 0 aliphatic carbocycles. The predicted octanol–water partition coefficient (Wildman–Crippen LogP) is 3.72. The molecule has 0 unspecified atom stereocenters. The number of nitrogens with zero attached hydrogens (tertiary/aromatic N) is 2. The minimum Gasteiger partial charge on any atom is -0.353 e. The Morgan fingerprint density at radius 3 is 2.48 bits per heavy atom. The fraction of sp³-hybridized carbons (Fsp3) is 0.250. The molecule has 0 atom stereocenters. The molecule has 122 valence electrons. The van der Waals surface area contributed by atoms with Crippen molar-refractivity contribution in [1.82, 2.24) is 9.88 Å². The molecule has 1 heterocycles. The Hall–Kier alpha value is -2.57. The van der Waals surface area contributed by atoms with Crippen LogP contribution in [0.3, 0.4) is 0 Å². The topological polar surface area (TPSA) is 45.2 Å². The van der Waals surface area contributed by atoms with E-state index in [1.165, 1.54) is 18.3 Å². The van der Waals surface area contributed by atoms with E-state index >= 15 is 0 Å². The minimum absolute atomic E-state index is 0.182. The first kappa shape index (κ1) is 16.8. The van der Waals surface area contributed by atoms with Crippen LogP contribution in [-0.2, 0) is 0 Å². The number of halogens is 3. The van der Waals surface area contributed by atoms with E-state index in [0.29, 0.717) is 18.8 Å². The van der Waals surface area contributed by atoms with Crippen molar-refractivity contribution in [2.24, 2.45) is 0 Å². The van der Waals surface area contributed by atoms with Crippen LogP contribution >= 0.6 is 0 Å². The molecular formula is C16H16F3N3O. The van der Waals surface area contributed by atoms with E-state index in [4.69, 9.17) is 0 Å². The summed E-state index contributed by atoms with van der Waals surface area (Å²) in [5.41, 5.74) is 0.304. The Balaban J connectivity index is 2.27. The van der Waals surface area contributed by atoms with Crippen LogP contribution in [0.4, 0.5) is 24.5 Å². The summed E-state index contributed by atoms with van der Waals surface area (Å²) in [4.78, 5) is 17.8. The predicted molar refractivity (Wildman–Crippen MR) is 81.1 cm³/mol. The highest BCUT2D eigenvalue weighted by Gasteiger charge is 2.16. The van der Waals surface area contributed by atoms with Gasteiger partial charge in [0.1, 0.15) is 5.69 Å². The summed E-state index contributed by atoms with van der Waals surface area (Å²) >= 11 is 0. The first-order valence-electron chi connectivity index (χ1n) is 7.13. The van der Waals surface area contributed by atoms with Gasteiger partial charge in [-0.25, -0.2) is 13.2 Å². The number of carbonyl (C=O) groups is 1. The molecule has 1 N–H and O–H groups in total. The van der Waals surface area contributed by atoms with Crippen molar-refractivity contribution in [3.05, 3.63) is 53.6 Å². The lowest BCUT2D eigenvalue weighted by Crippen LogP contribution is -2.31. The van der Waals surface area contributed by atoms with Gasteiger partial charge in [-0.15, -0.1) is 0 Å². The van der Waals surface area contributed by atoms with Crippen molar-refractivity contribution in [3.8, 4) is 0 Å². The monoisotopic (exact) mass is 323 g/mol. The Bertz CT molecular complexity index is 718. The summed E-state index contributed by atoms with van der Waals surface area (Å²) < 4.78 is 39.8. The Kier molecular flexibility index (Phi) is 5.20. The van der Waals surface area contributed by atoms with Gasteiger partial charge < -0.3 is 10.2 Å². The second kappa shape index (κ2) is 7.13. The Morgan fingerprint density at radius 2 is 1.83 bits per heavy atom. The summed E-state index contributed by atoms with van der Waals surface area (Å²) in [6, 6.07) is 4.84. The fourth-order valence-electron chi connectivity index (χ4n) is 2.08. The van der Waals surface area contributed by atoms with E-state index in [2.05, 4.69) is 10.3 Å². The molecule has 23 heavy (non-hydrogen) atoms. The molecule has 0 radical (unpaired) electrons. The second-order valence-corrected chi connectivity index (χ2v) is 4.76. The highest BCUT2D eigenvalue weighted by Crippen LogP contribution is 2.23. The van der Waals surface area contributed by atoms with Gasteiger partial charge in [0.25, 0.3) is 5.91 Å². The van der Waals surface area contributed by atoms with Crippen LogP contribution in [0.5, 0.6) is 0 Å². The molecule has 1 aromatic heterocycles. The van der Waals surface area contributed by atoms with Crippen LogP contribution in [0.2, 0.25) is 0 Å². The first-order valence-corrected chi connectivity index (χ1v) is 7.13. The molecule has 2 aromatic rings. The fourth-order valence-corrected chi connectivity index (χ4v) is 2.08. The number of benzene rings is 1. The van der Waals surface area contributed by atoms with E-state index in [-0.39, 0.29) is 17.3 Å². The molecule has 4 nitrogen and oxygen atoms in total.